The SMILES string of the molecule is NCCCCC1NCCNC(=O)C(CC(=O)O)NC(=O)CNC(=O)C(CCCNC(N)=O)NC1=O. The number of nitrogens with two attached hydrogens (primary N) is 2. The lowest BCUT2D eigenvalue weighted by Gasteiger charge is -2.23. The molecule has 3 atom stereocenters. The average Bonchev–Trinajstić information content (AvgIpc) is 2.79. The Balaban J connectivity index is 3.01. The van der Waals surface area contributed by atoms with Crippen LogP contribution in [0.25, 0.3) is 0 Å². The fourth-order valence-electron chi connectivity index (χ4n) is 3.35. The summed E-state index contributed by atoms with van der Waals surface area (Å²) in [6, 6.07) is -3.75. The summed E-state index contributed by atoms with van der Waals surface area (Å²) in [5.41, 5.74) is 10.6. The molecule has 0 spiro atoms. The van der Waals surface area contributed by atoms with Gasteiger partial charge < -0.3 is 48.5 Å². The van der Waals surface area contributed by atoms with Gasteiger partial charge in [-0.25, -0.2) is 4.79 Å². The molecular formula is C20H36N8O7. The summed E-state index contributed by atoms with van der Waals surface area (Å²) in [4.78, 5) is 72.2. The van der Waals surface area contributed by atoms with Gasteiger partial charge in [0.2, 0.25) is 23.6 Å². The molecule has 15 nitrogen and oxygen atoms in total. The fourth-order valence-corrected chi connectivity index (χ4v) is 3.35. The van der Waals surface area contributed by atoms with Gasteiger partial charge in [-0.2, -0.15) is 0 Å². The molecule has 0 aliphatic carbocycles. The molecule has 35 heavy (non-hydrogen) atoms. The normalized spacial score (nSPS) is 22.5. The van der Waals surface area contributed by atoms with Crippen LogP contribution in [0.5, 0.6) is 0 Å². The van der Waals surface area contributed by atoms with Crippen molar-refractivity contribution in [2.24, 2.45) is 11.5 Å². The molecule has 1 saturated heterocycles. The van der Waals surface area contributed by atoms with Gasteiger partial charge in [-0.05, 0) is 32.2 Å². The largest absolute Gasteiger partial charge is 0.481 e. The number of rotatable bonds is 10. The topological polar surface area (TPSA) is 247 Å². The van der Waals surface area contributed by atoms with Crippen molar-refractivity contribution in [3.05, 3.63) is 0 Å². The number of carboxylic acids is 1. The van der Waals surface area contributed by atoms with Crippen molar-refractivity contribution in [2.45, 2.75) is 56.7 Å². The van der Waals surface area contributed by atoms with E-state index in [0.717, 1.165) is 0 Å². The highest BCUT2D eigenvalue weighted by Gasteiger charge is 2.28. The molecule has 1 aliphatic heterocycles. The number of aliphatic carboxylic acids is 1. The number of primary amides is 1. The number of amides is 6. The average molecular weight is 501 g/mol. The summed E-state index contributed by atoms with van der Waals surface area (Å²) in [7, 11) is 0. The molecule has 1 heterocycles. The Hall–Kier alpha value is -3.46. The first-order valence-corrected chi connectivity index (χ1v) is 11.5. The number of unbranched alkanes of at least 4 members (excludes halogenated alkanes) is 1. The summed E-state index contributed by atoms with van der Waals surface area (Å²) in [5, 5.41) is 24.4. The van der Waals surface area contributed by atoms with Crippen LogP contribution in [-0.4, -0.2) is 91.6 Å². The minimum absolute atomic E-state index is 0.0743. The molecule has 6 amide bonds. The van der Waals surface area contributed by atoms with Crippen molar-refractivity contribution in [1.29, 1.82) is 0 Å². The molecule has 11 N–H and O–H groups in total. The standard InChI is InChI=1S/C20H36N8O7/c21-6-2-1-4-12-19(34)28-13(5-3-7-25-20(22)35)17(32)26-11-15(29)27-14(10-16(30)31)18(33)24-9-8-23-12/h12-14,23H,1-11,21H2,(H,24,33)(H,26,32)(H,27,29)(H,28,34)(H,30,31)(H3,22,25,35). The molecule has 1 fully saturated rings. The van der Waals surface area contributed by atoms with Gasteiger partial charge in [0.15, 0.2) is 0 Å². The summed E-state index contributed by atoms with van der Waals surface area (Å²) in [5.74, 6) is -3.85. The van der Waals surface area contributed by atoms with Gasteiger partial charge in [-0.1, -0.05) is 6.42 Å². The lowest BCUT2D eigenvalue weighted by molar-refractivity contribution is -0.140. The first-order valence-electron chi connectivity index (χ1n) is 11.5. The fraction of sp³-hybridized carbons (Fsp3) is 0.700. The molecule has 1 aliphatic rings. The van der Waals surface area contributed by atoms with Crippen LogP contribution in [0.15, 0.2) is 0 Å². The molecule has 3 unspecified atom stereocenters. The summed E-state index contributed by atoms with van der Waals surface area (Å²) >= 11 is 0. The predicted octanol–water partition coefficient (Wildman–Crippen LogP) is -3.79. The van der Waals surface area contributed by atoms with Crippen LogP contribution in [0.4, 0.5) is 4.79 Å². The zero-order valence-electron chi connectivity index (χ0n) is 19.6. The van der Waals surface area contributed by atoms with E-state index in [1.165, 1.54) is 0 Å². The van der Waals surface area contributed by atoms with E-state index in [1.807, 2.05) is 0 Å². The highest BCUT2D eigenvalue weighted by Crippen LogP contribution is 2.04. The second-order valence-electron chi connectivity index (χ2n) is 8.01. The van der Waals surface area contributed by atoms with Gasteiger partial charge in [0.1, 0.15) is 12.1 Å². The Bertz CT molecular complexity index is 764. The Morgan fingerprint density at radius 3 is 2.23 bits per heavy atom. The van der Waals surface area contributed by atoms with Crippen LogP contribution < -0.4 is 43.4 Å². The molecule has 15 heteroatoms. The smallest absolute Gasteiger partial charge is 0.312 e. The van der Waals surface area contributed by atoms with Gasteiger partial charge in [-0.15, -0.1) is 0 Å². The third kappa shape index (κ3) is 12.5. The van der Waals surface area contributed by atoms with E-state index in [-0.39, 0.29) is 26.1 Å². The maximum Gasteiger partial charge on any atom is 0.312 e. The van der Waals surface area contributed by atoms with Crippen LogP contribution in [-0.2, 0) is 24.0 Å². The Labute approximate surface area is 202 Å². The maximum absolute atomic E-state index is 12.9. The van der Waals surface area contributed by atoms with Crippen molar-refractivity contribution in [3.8, 4) is 0 Å². The number of nitrogens with one attached hydrogen (secondary N) is 6. The summed E-state index contributed by atoms with van der Waals surface area (Å²) in [6.45, 7) is 0.351. The third-order valence-electron chi connectivity index (χ3n) is 5.13. The van der Waals surface area contributed by atoms with Crippen molar-refractivity contribution < 1.29 is 33.9 Å². The van der Waals surface area contributed by atoms with Gasteiger partial charge in [0.25, 0.3) is 0 Å². The summed E-state index contributed by atoms with van der Waals surface area (Å²) in [6.07, 6.45) is 1.59. The number of carbonyl (C=O) groups excluding carboxylic acids is 5. The number of urea groups is 1. The van der Waals surface area contributed by atoms with E-state index < -0.39 is 66.7 Å². The molecule has 0 aromatic carbocycles. The zero-order valence-corrected chi connectivity index (χ0v) is 19.6. The monoisotopic (exact) mass is 500 g/mol. The number of hydrogen-bond acceptors (Lipinski definition) is 8. The van der Waals surface area contributed by atoms with Crippen LogP contribution in [0.3, 0.4) is 0 Å². The first kappa shape index (κ1) is 29.6. The molecule has 0 aromatic rings. The van der Waals surface area contributed by atoms with Gasteiger partial charge in [0, 0.05) is 19.6 Å². The lowest BCUT2D eigenvalue weighted by atomic mass is 10.1. The third-order valence-corrected chi connectivity index (χ3v) is 5.13. The number of carbonyl (C=O) groups is 6. The van der Waals surface area contributed by atoms with Crippen LogP contribution >= 0.6 is 0 Å². The van der Waals surface area contributed by atoms with Crippen molar-refractivity contribution in [3.63, 3.8) is 0 Å². The second kappa shape index (κ2) is 16.2. The van der Waals surface area contributed by atoms with E-state index in [9.17, 15) is 28.8 Å². The highest BCUT2D eigenvalue weighted by molar-refractivity contribution is 5.94. The van der Waals surface area contributed by atoms with Crippen LogP contribution in [0, 0.1) is 0 Å². The van der Waals surface area contributed by atoms with E-state index in [4.69, 9.17) is 16.6 Å². The Morgan fingerprint density at radius 1 is 0.886 bits per heavy atom. The summed E-state index contributed by atoms with van der Waals surface area (Å²) < 4.78 is 0. The molecule has 0 bridgehead atoms. The minimum atomic E-state index is -1.34. The van der Waals surface area contributed by atoms with Gasteiger partial charge in [-0.3, -0.25) is 24.0 Å². The molecular weight excluding hydrogens is 464 g/mol. The van der Waals surface area contributed by atoms with E-state index >= 15 is 0 Å². The molecule has 0 radical (unpaired) electrons. The number of carboxylic acid groups (broad SMARTS) is 1. The molecule has 198 valence electrons. The molecule has 0 aromatic heterocycles. The molecule has 1 rings (SSSR count). The van der Waals surface area contributed by atoms with Crippen LogP contribution in [0.2, 0.25) is 0 Å². The van der Waals surface area contributed by atoms with Gasteiger partial charge >= 0.3 is 12.0 Å². The minimum Gasteiger partial charge on any atom is -0.481 e. The second-order valence-corrected chi connectivity index (χ2v) is 8.01. The lowest BCUT2D eigenvalue weighted by Crippen LogP contribution is -2.54. The van der Waals surface area contributed by atoms with Crippen LogP contribution in [0.1, 0.15) is 38.5 Å². The maximum atomic E-state index is 12.9. The molecule has 0 saturated carbocycles. The highest BCUT2D eigenvalue weighted by atomic mass is 16.4. The van der Waals surface area contributed by atoms with Crippen molar-refractivity contribution in [2.75, 3.05) is 32.7 Å². The quantitative estimate of drug-likeness (QED) is 0.133. The van der Waals surface area contributed by atoms with Crippen molar-refractivity contribution in [1.82, 2.24) is 31.9 Å². The predicted molar refractivity (Wildman–Crippen MR) is 124 cm³/mol. The van der Waals surface area contributed by atoms with E-state index in [1.54, 1.807) is 0 Å². The Kier molecular flexibility index (Phi) is 13.7. The Morgan fingerprint density at radius 2 is 1.57 bits per heavy atom. The van der Waals surface area contributed by atoms with Crippen molar-refractivity contribution >= 4 is 35.6 Å². The number of hydrogen-bond donors (Lipinski definition) is 9. The first-order chi connectivity index (χ1) is 16.6. The van der Waals surface area contributed by atoms with E-state index in [0.29, 0.717) is 32.2 Å². The van der Waals surface area contributed by atoms with Gasteiger partial charge in [0.05, 0.1) is 19.0 Å². The zero-order chi connectivity index (χ0) is 26.2. The van der Waals surface area contributed by atoms with E-state index in [2.05, 4.69) is 31.9 Å².